The van der Waals surface area contributed by atoms with Gasteiger partial charge in [-0.2, -0.15) is 0 Å². The Morgan fingerprint density at radius 1 is 0.577 bits per heavy atom. The highest BCUT2D eigenvalue weighted by atomic mass is 16.6. The van der Waals surface area contributed by atoms with Crippen molar-refractivity contribution < 1.29 is 28.7 Å². The number of rotatable bonds is 4. The van der Waals surface area contributed by atoms with Crippen LogP contribution in [-0.2, 0) is 28.7 Å². The highest BCUT2D eigenvalue weighted by molar-refractivity contribution is 6.34. The maximum atomic E-state index is 11.5. The van der Waals surface area contributed by atoms with Gasteiger partial charge in [0.2, 0.25) is 0 Å². The minimum absolute atomic E-state index is 0.709. The van der Waals surface area contributed by atoms with Crippen LogP contribution in [0.2, 0.25) is 0 Å². The third-order valence-electron chi connectivity index (χ3n) is 2.98. The van der Waals surface area contributed by atoms with Crippen LogP contribution in [0.4, 0.5) is 0 Å². The average molecular weight is 350 g/mol. The molecule has 0 unspecified atom stereocenters. The second-order valence-corrected chi connectivity index (χ2v) is 4.91. The Morgan fingerprint density at radius 3 is 1.27 bits per heavy atom. The van der Waals surface area contributed by atoms with Crippen molar-refractivity contribution in [1.29, 1.82) is 0 Å². The molecular formula is C20H14O6. The van der Waals surface area contributed by atoms with Crippen LogP contribution in [-0.4, -0.2) is 23.9 Å². The lowest BCUT2D eigenvalue weighted by Crippen LogP contribution is -2.24. The first kappa shape index (κ1) is 18.5. The van der Waals surface area contributed by atoms with Crippen LogP contribution in [0, 0.1) is 0 Å². The molecule has 0 aliphatic carbocycles. The third-order valence-corrected chi connectivity index (χ3v) is 2.98. The number of hydrogen-bond acceptors (Lipinski definition) is 6. The second-order valence-electron chi connectivity index (χ2n) is 4.91. The van der Waals surface area contributed by atoms with Gasteiger partial charge >= 0.3 is 23.9 Å². The molecule has 130 valence electrons. The van der Waals surface area contributed by atoms with Gasteiger partial charge in [0.15, 0.2) is 0 Å². The summed E-state index contributed by atoms with van der Waals surface area (Å²) in [6, 6.07) is 17.6. The van der Waals surface area contributed by atoms with E-state index >= 15 is 0 Å². The number of ether oxygens (including phenoxy) is 2. The highest BCUT2D eigenvalue weighted by Gasteiger charge is 2.22. The van der Waals surface area contributed by atoms with E-state index in [0.717, 1.165) is 12.2 Å². The molecule has 0 aliphatic heterocycles. The van der Waals surface area contributed by atoms with Crippen LogP contribution in [0.3, 0.4) is 0 Å². The molecule has 0 saturated heterocycles. The van der Waals surface area contributed by atoms with Crippen molar-refractivity contribution in [3.63, 3.8) is 0 Å². The van der Waals surface area contributed by atoms with Gasteiger partial charge in [0.05, 0.1) is 0 Å². The molecule has 0 aliphatic rings. The Hall–Kier alpha value is -3.80. The van der Waals surface area contributed by atoms with Crippen molar-refractivity contribution in [2.24, 2.45) is 0 Å². The van der Waals surface area contributed by atoms with E-state index in [2.05, 4.69) is 9.47 Å². The van der Waals surface area contributed by atoms with E-state index in [1.54, 1.807) is 60.7 Å². The zero-order valence-corrected chi connectivity index (χ0v) is 13.5. The molecule has 0 fully saturated rings. The molecule has 0 bridgehead atoms. The van der Waals surface area contributed by atoms with Gasteiger partial charge in [-0.1, -0.05) is 60.7 Å². The number of esters is 4. The van der Waals surface area contributed by atoms with Crippen molar-refractivity contribution in [3.05, 3.63) is 83.9 Å². The maximum Gasteiger partial charge on any atom is 0.425 e. The summed E-state index contributed by atoms with van der Waals surface area (Å²) in [5, 5.41) is 0. The summed E-state index contributed by atoms with van der Waals surface area (Å²) in [6.45, 7) is 0. The lowest BCUT2D eigenvalue weighted by atomic mass is 10.2. The summed E-state index contributed by atoms with van der Waals surface area (Å²) in [7, 11) is 0. The Bertz CT molecular complexity index is 777. The summed E-state index contributed by atoms with van der Waals surface area (Å²) < 4.78 is 8.56. The van der Waals surface area contributed by atoms with Crippen molar-refractivity contribution in [2.45, 2.75) is 0 Å². The maximum absolute atomic E-state index is 11.5. The predicted octanol–water partition coefficient (Wildman–Crippen LogP) is 2.55. The van der Waals surface area contributed by atoms with E-state index in [1.807, 2.05) is 0 Å². The molecule has 0 heterocycles. The molecule has 2 aromatic carbocycles. The third kappa shape index (κ3) is 6.37. The van der Waals surface area contributed by atoms with Crippen molar-refractivity contribution in [2.75, 3.05) is 0 Å². The van der Waals surface area contributed by atoms with Gasteiger partial charge in [0.1, 0.15) is 0 Å². The van der Waals surface area contributed by atoms with Crippen molar-refractivity contribution in [1.82, 2.24) is 0 Å². The first-order chi connectivity index (χ1) is 12.5. The second kappa shape index (κ2) is 9.48. The van der Waals surface area contributed by atoms with E-state index in [0.29, 0.717) is 11.1 Å². The monoisotopic (exact) mass is 350 g/mol. The standard InChI is InChI=1S/C20H14O6/c21-17(13-11-15-7-3-1-4-8-15)25-19(23)20(24)26-18(22)14-12-16-9-5-2-6-10-16/h1-14H/b13-11+,14-12+. The summed E-state index contributed by atoms with van der Waals surface area (Å²) in [4.78, 5) is 45.9. The molecule has 26 heavy (non-hydrogen) atoms. The van der Waals surface area contributed by atoms with Gasteiger partial charge in [-0.15, -0.1) is 0 Å². The molecule has 0 spiro atoms. The fourth-order valence-electron chi connectivity index (χ4n) is 1.79. The van der Waals surface area contributed by atoms with Gasteiger partial charge in [0.25, 0.3) is 0 Å². The number of hydrogen-bond donors (Lipinski definition) is 0. The van der Waals surface area contributed by atoms with Crippen LogP contribution >= 0.6 is 0 Å². The Morgan fingerprint density at radius 2 is 0.923 bits per heavy atom. The fraction of sp³-hybridized carbons (Fsp3) is 0. The van der Waals surface area contributed by atoms with Crippen LogP contribution in [0.25, 0.3) is 12.2 Å². The van der Waals surface area contributed by atoms with Gasteiger partial charge < -0.3 is 9.47 Å². The summed E-state index contributed by atoms with van der Waals surface area (Å²) in [5.41, 5.74) is 1.42. The molecule has 0 N–H and O–H groups in total. The van der Waals surface area contributed by atoms with E-state index in [1.165, 1.54) is 12.2 Å². The topological polar surface area (TPSA) is 86.7 Å². The van der Waals surface area contributed by atoms with Crippen LogP contribution < -0.4 is 0 Å². The summed E-state index contributed by atoms with van der Waals surface area (Å²) in [5.74, 6) is -5.26. The average Bonchev–Trinajstić information content (AvgIpc) is 2.66. The van der Waals surface area contributed by atoms with Gasteiger partial charge in [0, 0.05) is 12.2 Å². The summed E-state index contributed by atoms with van der Waals surface area (Å²) in [6.07, 6.45) is 4.79. The first-order valence-electron chi connectivity index (χ1n) is 7.53. The van der Waals surface area contributed by atoms with Gasteiger partial charge in [-0.05, 0) is 23.3 Å². The molecule has 6 heteroatoms. The molecule has 0 amide bonds. The van der Waals surface area contributed by atoms with Crippen LogP contribution in [0.15, 0.2) is 72.8 Å². The highest BCUT2D eigenvalue weighted by Crippen LogP contribution is 2.02. The number of carbonyl (C=O) groups excluding carboxylic acids is 4. The minimum atomic E-state index is -1.57. The minimum Gasteiger partial charge on any atom is -0.381 e. The molecule has 0 aromatic heterocycles. The number of carbonyl (C=O) groups is 4. The number of benzene rings is 2. The zero-order chi connectivity index (χ0) is 18.8. The Kier molecular flexibility index (Phi) is 6.76. The SMILES string of the molecule is O=C(/C=C/c1ccccc1)OC(=O)C(=O)OC(=O)/C=C/c1ccccc1. The largest absolute Gasteiger partial charge is 0.425 e. The predicted molar refractivity (Wildman–Crippen MR) is 93.2 cm³/mol. The smallest absolute Gasteiger partial charge is 0.381 e. The zero-order valence-electron chi connectivity index (χ0n) is 13.5. The lowest BCUT2D eigenvalue weighted by molar-refractivity contribution is -0.174. The quantitative estimate of drug-likeness (QED) is 0.364. The van der Waals surface area contributed by atoms with Crippen molar-refractivity contribution in [3.8, 4) is 0 Å². The fourth-order valence-corrected chi connectivity index (χ4v) is 1.79. The normalized spacial score (nSPS) is 10.6. The molecule has 0 atom stereocenters. The molecule has 2 aromatic rings. The summed E-state index contributed by atoms with van der Waals surface area (Å²) >= 11 is 0. The molecule has 0 saturated carbocycles. The van der Waals surface area contributed by atoms with Gasteiger partial charge in [-0.25, -0.2) is 19.2 Å². The van der Waals surface area contributed by atoms with Crippen molar-refractivity contribution >= 4 is 36.0 Å². The molecule has 0 radical (unpaired) electrons. The molecule has 6 nitrogen and oxygen atoms in total. The Balaban J connectivity index is 1.82. The van der Waals surface area contributed by atoms with Gasteiger partial charge in [-0.3, -0.25) is 0 Å². The Labute approximate surface area is 149 Å². The van der Waals surface area contributed by atoms with E-state index in [9.17, 15) is 19.2 Å². The van der Waals surface area contributed by atoms with Crippen LogP contribution in [0.5, 0.6) is 0 Å². The van der Waals surface area contributed by atoms with E-state index in [-0.39, 0.29) is 0 Å². The van der Waals surface area contributed by atoms with Crippen LogP contribution in [0.1, 0.15) is 11.1 Å². The lowest BCUT2D eigenvalue weighted by Gasteiger charge is -1.99. The van der Waals surface area contributed by atoms with E-state index < -0.39 is 23.9 Å². The first-order valence-corrected chi connectivity index (χ1v) is 7.53. The van der Waals surface area contributed by atoms with E-state index in [4.69, 9.17) is 0 Å². The molecule has 2 rings (SSSR count). The molecular weight excluding hydrogens is 336 g/mol.